The third-order valence-corrected chi connectivity index (χ3v) is 5.13. The Morgan fingerprint density at radius 2 is 1.67 bits per heavy atom. The van der Waals surface area contributed by atoms with Crippen LogP contribution in [0.3, 0.4) is 0 Å². The van der Waals surface area contributed by atoms with Crippen LogP contribution in [0.15, 0.2) is 72.3 Å². The zero-order chi connectivity index (χ0) is 23.8. The second-order valence-corrected chi connectivity index (χ2v) is 7.61. The van der Waals surface area contributed by atoms with Crippen molar-refractivity contribution in [1.82, 2.24) is 0 Å². The number of ether oxygens (including phenoxy) is 1. The van der Waals surface area contributed by atoms with Gasteiger partial charge < -0.3 is 15.4 Å². The number of anilines is 2. The largest absolute Gasteiger partial charge is 0.483 e. The van der Waals surface area contributed by atoms with Gasteiger partial charge in [0.2, 0.25) is 0 Å². The van der Waals surface area contributed by atoms with E-state index < -0.39 is 5.91 Å². The highest BCUT2D eigenvalue weighted by molar-refractivity contribution is 6.09. The lowest BCUT2D eigenvalue weighted by Crippen LogP contribution is -2.21. The van der Waals surface area contributed by atoms with E-state index in [4.69, 9.17) is 4.74 Å². The van der Waals surface area contributed by atoms with Crippen LogP contribution in [0.2, 0.25) is 0 Å². The SMILES string of the molecule is Cc1ccc(NC(=O)/C(C#N)=C\c2ccccc2OCC(=O)Nc2cccc(C)c2C)cc1. The van der Waals surface area contributed by atoms with Crippen molar-refractivity contribution in [2.75, 3.05) is 17.2 Å². The van der Waals surface area contributed by atoms with Gasteiger partial charge in [-0.25, -0.2) is 0 Å². The fraction of sp³-hybridized carbons (Fsp3) is 0.148. The van der Waals surface area contributed by atoms with Crippen molar-refractivity contribution in [1.29, 1.82) is 5.26 Å². The molecule has 3 aromatic rings. The van der Waals surface area contributed by atoms with E-state index in [2.05, 4.69) is 10.6 Å². The summed E-state index contributed by atoms with van der Waals surface area (Å²) < 4.78 is 5.70. The summed E-state index contributed by atoms with van der Waals surface area (Å²) in [4.78, 5) is 25.0. The highest BCUT2D eigenvalue weighted by Gasteiger charge is 2.13. The molecule has 6 heteroatoms. The van der Waals surface area contributed by atoms with Crippen molar-refractivity contribution in [2.24, 2.45) is 0 Å². The van der Waals surface area contributed by atoms with E-state index in [0.717, 1.165) is 22.4 Å². The molecule has 0 atom stereocenters. The fourth-order valence-electron chi connectivity index (χ4n) is 3.09. The van der Waals surface area contributed by atoms with Crippen molar-refractivity contribution >= 4 is 29.3 Å². The quantitative estimate of drug-likeness (QED) is 0.392. The molecule has 0 bridgehead atoms. The standard InChI is InChI=1S/C27H25N3O3/c1-18-11-13-23(14-12-18)29-27(32)22(16-28)15-21-8-4-5-10-25(21)33-17-26(31)30-24-9-6-7-19(2)20(24)3/h4-15H,17H2,1-3H3,(H,29,32)(H,30,31)/b22-15-. The van der Waals surface area contributed by atoms with E-state index in [-0.39, 0.29) is 18.1 Å². The van der Waals surface area contributed by atoms with Gasteiger partial charge in [0.25, 0.3) is 11.8 Å². The molecule has 0 aliphatic carbocycles. The highest BCUT2D eigenvalue weighted by Crippen LogP contribution is 2.22. The Morgan fingerprint density at radius 1 is 0.939 bits per heavy atom. The first-order valence-electron chi connectivity index (χ1n) is 10.4. The van der Waals surface area contributed by atoms with Crippen molar-refractivity contribution in [2.45, 2.75) is 20.8 Å². The Morgan fingerprint density at radius 3 is 2.39 bits per heavy atom. The van der Waals surface area contributed by atoms with Crippen LogP contribution in [0.25, 0.3) is 6.08 Å². The molecule has 2 amide bonds. The van der Waals surface area contributed by atoms with Crippen molar-refractivity contribution in [3.05, 3.63) is 94.6 Å². The molecule has 0 fully saturated rings. The predicted molar refractivity (Wildman–Crippen MR) is 130 cm³/mol. The van der Waals surface area contributed by atoms with Crippen molar-refractivity contribution < 1.29 is 14.3 Å². The summed E-state index contributed by atoms with van der Waals surface area (Å²) in [7, 11) is 0. The Kier molecular flexibility index (Phi) is 7.61. The third-order valence-electron chi connectivity index (χ3n) is 5.13. The lowest BCUT2D eigenvalue weighted by Gasteiger charge is -2.12. The van der Waals surface area contributed by atoms with Gasteiger partial charge >= 0.3 is 0 Å². The molecule has 0 unspecified atom stereocenters. The molecular weight excluding hydrogens is 414 g/mol. The zero-order valence-electron chi connectivity index (χ0n) is 18.8. The molecule has 0 radical (unpaired) electrons. The van der Waals surface area contributed by atoms with Gasteiger partial charge in [-0.2, -0.15) is 5.26 Å². The van der Waals surface area contributed by atoms with E-state index in [9.17, 15) is 14.9 Å². The van der Waals surface area contributed by atoms with Gasteiger partial charge in [-0.1, -0.05) is 48.0 Å². The number of carbonyl (C=O) groups is 2. The van der Waals surface area contributed by atoms with Crippen LogP contribution in [0, 0.1) is 32.1 Å². The summed E-state index contributed by atoms with van der Waals surface area (Å²) in [5, 5.41) is 15.1. The number of nitrogens with one attached hydrogen (secondary N) is 2. The maximum absolute atomic E-state index is 12.6. The molecule has 6 nitrogen and oxygen atoms in total. The van der Waals surface area contributed by atoms with Gasteiger partial charge in [0, 0.05) is 16.9 Å². The fourth-order valence-corrected chi connectivity index (χ4v) is 3.09. The van der Waals surface area contributed by atoms with Crippen LogP contribution < -0.4 is 15.4 Å². The summed E-state index contributed by atoms with van der Waals surface area (Å²) in [6.07, 6.45) is 1.45. The summed E-state index contributed by atoms with van der Waals surface area (Å²) in [5.74, 6) is -0.437. The molecule has 0 spiro atoms. The topological polar surface area (TPSA) is 91.2 Å². The van der Waals surface area contributed by atoms with Crippen LogP contribution in [0.1, 0.15) is 22.3 Å². The lowest BCUT2D eigenvalue weighted by molar-refractivity contribution is -0.118. The lowest BCUT2D eigenvalue weighted by atomic mass is 10.1. The molecular formula is C27H25N3O3. The Labute approximate surface area is 193 Å². The van der Waals surface area contributed by atoms with Gasteiger partial charge in [-0.3, -0.25) is 9.59 Å². The zero-order valence-corrected chi connectivity index (χ0v) is 18.8. The molecule has 2 N–H and O–H groups in total. The molecule has 0 saturated heterocycles. The summed E-state index contributed by atoms with van der Waals surface area (Å²) in [6.45, 7) is 5.66. The summed E-state index contributed by atoms with van der Waals surface area (Å²) in [6, 6.07) is 21.8. The molecule has 0 aromatic heterocycles. The van der Waals surface area contributed by atoms with Crippen LogP contribution in [0.5, 0.6) is 5.75 Å². The molecule has 0 aliphatic rings. The summed E-state index contributed by atoms with van der Waals surface area (Å²) in [5.41, 5.74) is 4.91. The number of amides is 2. The van der Waals surface area contributed by atoms with Gasteiger partial charge in [0.15, 0.2) is 6.61 Å². The highest BCUT2D eigenvalue weighted by atomic mass is 16.5. The first-order chi connectivity index (χ1) is 15.9. The molecule has 3 rings (SSSR count). The second-order valence-electron chi connectivity index (χ2n) is 7.61. The minimum atomic E-state index is -0.524. The number of hydrogen-bond donors (Lipinski definition) is 2. The van der Waals surface area contributed by atoms with E-state index in [1.165, 1.54) is 6.08 Å². The van der Waals surface area contributed by atoms with Crippen LogP contribution >= 0.6 is 0 Å². The second kappa shape index (κ2) is 10.8. The van der Waals surface area contributed by atoms with Gasteiger partial charge in [0.05, 0.1) is 0 Å². The first kappa shape index (κ1) is 23.3. The number of benzene rings is 3. The molecule has 0 aliphatic heterocycles. The maximum Gasteiger partial charge on any atom is 0.266 e. The first-order valence-corrected chi connectivity index (χ1v) is 10.4. The number of nitriles is 1. The Bertz CT molecular complexity index is 1240. The molecule has 0 heterocycles. The minimum absolute atomic E-state index is 0.0773. The van der Waals surface area contributed by atoms with Crippen LogP contribution in [0.4, 0.5) is 11.4 Å². The van der Waals surface area contributed by atoms with Crippen LogP contribution in [-0.4, -0.2) is 18.4 Å². The van der Waals surface area contributed by atoms with E-state index >= 15 is 0 Å². The monoisotopic (exact) mass is 439 g/mol. The number of nitrogens with zero attached hydrogens (tertiary/aromatic N) is 1. The van der Waals surface area contributed by atoms with Crippen molar-refractivity contribution in [3.63, 3.8) is 0 Å². The Hall–Kier alpha value is -4.37. The maximum atomic E-state index is 12.6. The Balaban J connectivity index is 1.70. The number of rotatable bonds is 7. The normalized spacial score (nSPS) is 10.8. The van der Waals surface area contributed by atoms with E-state index in [1.807, 2.05) is 57.2 Å². The van der Waals surface area contributed by atoms with Gasteiger partial charge in [-0.15, -0.1) is 0 Å². The molecule has 166 valence electrons. The van der Waals surface area contributed by atoms with E-state index in [1.54, 1.807) is 36.4 Å². The molecule has 3 aromatic carbocycles. The predicted octanol–water partition coefficient (Wildman–Crippen LogP) is 5.18. The molecule has 33 heavy (non-hydrogen) atoms. The van der Waals surface area contributed by atoms with Gasteiger partial charge in [0.1, 0.15) is 17.4 Å². The average Bonchev–Trinajstić information content (AvgIpc) is 2.81. The van der Waals surface area contributed by atoms with Crippen LogP contribution in [-0.2, 0) is 9.59 Å². The van der Waals surface area contributed by atoms with Gasteiger partial charge in [-0.05, 0) is 62.2 Å². The summed E-state index contributed by atoms with van der Waals surface area (Å²) >= 11 is 0. The number of aryl methyl sites for hydroxylation is 2. The molecule has 0 saturated carbocycles. The number of para-hydroxylation sites is 1. The van der Waals surface area contributed by atoms with Crippen molar-refractivity contribution in [3.8, 4) is 11.8 Å². The minimum Gasteiger partial charge on any atom is -0.483 e. The third kappa shape index (κ3) is 6.31. The number of carbonyl (C=O) groups excluding carboxylic acids is 2. The number of hydrogen-bond acceptors (Lipinski definition) is 4. The van der Waals surface area contributed by atoms with E-state index in [0.29, 0.717) is 17.0 Å². The smallest absolute Gasteiger partial charge is 0.266 e. The average molecular weight is 440 g/mol.